The van der Waals surface area contributed by atoms with Gasteiger partial charge < -0.3 is 15.4 Å². The smallest absolute Gasteiger partial charge is 0.339 e. The minimum Gasteiger partial charge on any atom is -0.465 e. The first kappa shape index (κ1) is 19.4. The summed E-state index contributed by atoms with van der Waals surface area (Å²) in [7, 11) is 1.24. The van der Waals surface area contributed by atoms with Crippen molar-refractivity contribution in [1.82, 2.24) is 0 Å². The standard InChI is InChI=1S/C18H16ClFN2O4/c1-10(23)12-7-13(19)14(20)8-16(12)21-9-17(24)22-15-6-4-3-5-11(15)18(25)26-2/h3-8,21H,9H2,1-2H3,(H,22,24). The van der Waals surface area contributed by atoms with Crippen molar-refractivity contribution in [1.29, 1.82) is 0 Å². The van der Waals surface area contributed by atoms with Crippen molar-refractivity contribution in [2.24, 2.45) is 0 Å². The van der Waals surface area contributed by atoms with Crippen molar-refractivity contribution in [2.45, 2.75) is 6.92 Å². The molecule has 0 aliphatic heterocycles. The number of anilines is 2. The second-order valence-corrected chi connectivity index (χ2v) is 5.71. The molecule has 8 heteroatoms. The second kappa shape index (κ2) is 8.44. The van der Waals surface area contributed by atoms with E-state index in [-0.39, 0.29) is 39.9 Å². The molecule has 0 bridgehead atoms. The number of rotatable bonds is 6. The molecule has 0 heterocycles. The number of para-hydroxylation sites is 1. The molecule has 0 saturated carbocycles. The molecule has 0 saturated heterocycles. The van der Waals surface area contributed by atoms with E-state index in [0.717, 1.165) is 6.07 Å². The number of benzene rings is 2. The van der Waals surface area contributed by atoms with Crippen LogP contribution in [0.15, 0.2) is 36.4 Å². The summed E-state index contributed by atoms with van der Waals surface area (Å²) >= 11 is 5.68. The van der Waals surface area contributed by atoms with Crippen LogP contribution in [0.25, 0.3) is 0 Å². The molecule has 0 spiro atoms. The van der Waals surface area contributed by atoms with Crippen LogP contribution in [0.3, 0.4) is 0 Å². The number of ether oxygens (including phenoxy) is 1. The van der Waals surface area contributed by atoms with Gasteiger partial charge in [-0.3, -0.25) is 9.59 Å². The van der Waals surface area contributed by atoms with Crippen molar-refractivity contribution >= 4 is 40.6 Å². The first-order valence-electron chi connectivity index (χ1n) is 7.54. The predicted molar refractivity (Wildman–Crippen MR) is 96.3 cm³/mol. The molecule has 136 valence electrons. The van der Waals surface area contributed by atoms with Crippen molar-refractivity contribution < 1.29 is 23.5 Å². The maximum Gasteiger partial charge on any atom is 0.339 e. The van der Waals surface area contributed by atoms with Gasteiger partial charge in [-0.15, -0.1) is 0 Å². The van der Waals surface area contributed by atoms with E-state index in [9.17, 15) is 18.8 Å². The number of amides is 1. The van der Waals surface area contributed by atoms with Crippen LogP contribution in [-0.4, -0.2) is 31.3 Å². The fourth-order valence-electron chi connectivity index (χ4n) is 2.23. The SMILES string of the molecule is COC(=O)c1ccccc1NC(=O)CNc1cc(F)c(Cl)cc1C(C)=O. The number of hydrogen-bond donors (Lipinski definition) is 2. The van der Waals surface area contributed by atoms with Crippen LogP contribution < -0.4 is 10.6 Å². The Balaban J connectivity index is 2.12. The second-order valence-electron chi connectivity index (χ2n) is 5.31. The van der Waals surface area contributed by atoms with Crippen molar-refractivity contribution in [2.75, 3.05) is 24.3 Å². The Morgan fingerprint density at radius 1 is 1.12 bits per heavy atom. The monoisotopic (exact) mass is 378 g/mol. The van der Waals surface area contributed by atoms with Crippen molar-refractivity contribution in [3.05, 3.63) is 58.4 Å². The van der Waals surface area contributed by atoms with Crippen LogP contribution in [-0.2, 0) is 9.53 Å². The molecular weight excluding hydrogens is 363 g/mol. The lowest BCUT2D eigenvalue weighted by Crippen LogP contribution is -2.23. The number of nitrogens with one attached hydrogen (secondary N) is 2. The molecule has 0 radical (unpaired) electrons. The molecule has 0 fully saturated rings. The highest BCUT2D eigenvalue weighted by molar-refractivity contribution is 6.31. The summed E-state index contributed by atoms with van der Waals surface area (Å²) in [6.45, 7) is 1.05. The largest absolute Gasteiger partial charge is 0.465 e. The third kappa shape index (κ3) is 4.58. The van der Waals surface area contributed by atoms with Gasteiger partial charge in [0.1, 0.15) is 5.82 Å². The van der Waals surface area contributed by atoms with Gasteiger partial charge in [0.15, 0.2) is 5.78 Å². The normalized spacial score (nSPS) is 10.2. The third-order valence-corrected chi connectivity index (χ3v) is 3.78. The molecule has 2 N–H and O–H groups in total. The molecule has 26 heavy (non-hydrogen) atoms. The van der Waals surface area contributed by atoms with Gasteiger partial charge in [0.2, 0.25) is 5.91 Å². The Labute approximate surface area is 154 Å². The van der Waals surface area contributed by atoms with Crippen molar-refractivity contribution in [3.8, 4) is 0 Å². The average molecular weight is 379 g/mol. The fraction of sp³-hybridized carbons (Fsp3) is 0.167. The Morgan fingerprint density at radius 2 is 1.81 bits per heavy atom. The maximum absolute atomic E-state index is 13.6. The van der Waals surface area contributed by atoms with Crippen LogP contribution in [0, 0.1) is 5.82 Å². The number of methoxy groups -OCH3 is 1. The number of carbonyl (C=O) groups excluding carboxylic acids is 3. The van der Waals surface area contributed by atoms with Crippen molar-refractivity contribution in [3.63, 3.8) is 0 Å². The summed E-state index contributed by atoms with van der Waals surface area (Å²) in [6.07, 6.45) is 0. The van der Waals surface area contributed by atoms with E-state index in [0.29, 0.717) is 0 Å². The molecule has 1 amide bonds. The van der Waals surface area contributed by atoms with E-state index < -0.39 is 17.7 Å². The molecule has 0 aromatic heterocycles. The summed E-state index contributed by atoms with van der Waals surface area (Å²) in [5, 5.41) is 5.08. The van der Waals surface area contributed by atoms with Crippen LogP contribution in [0.5, 0.6) is 0 Å². The molecule has 6 nitrogen and oxygen atoms in total. The van der Waals surface area contributed by atoms with E-state index in [4.69, 9.17) is 11.6 Å². The molecular formula is C18H16ClFN2O4. The zero-order valence-corrected chi connectivity index (χ0v) is 14.8. The van der Waals surface area contributed by atoms with Gasteiger partial charge >= 0.3 is 5.97 Å². The summed E-state index contributed by atoms with van der Waals surface area (Å²) in [5.74, 6) is -2.12. The number of Topliss-reactive ketones (excluding diaryl/α,β-unsaturated/α-hetero) is 1. The number of esters is 1. The molecule has 0 atom stereocenters. The van der Waals surface area contributed by atoms with E-state index in [1.165, 1.54) is 26.2 Å². The maximum atomic E-state index is 13.6. The lowest BCUT2D eigenvalue weighted by molar-refractivity contribution is -0.114. The number of carbonyl (C=O) groups is 3. The molecule has 0 unspecified atom stereocenters. The molecule has 2 rings (SSSR count). The van der Waals surface area contributed by atoms with Crippen LogP contribution in [0.2, 0.25) is 5.02 Å². The Bertz CT molecular complexity index is 870. The zero-order valence-electron chi connectivity index (χ0n) is 14.1. The van der Waals surface area contributed by atoms with Crippen LogP contribution >= 0.6 is 11.6 Å². The van der Waals surface area contributed by atoms with Gasteiger partial charge in [-0.1, -0.05) is 23.7 Å². The predicted octanol–water partition coefficient (Wildman–Crippen LogP) is 3.52. The number of ketones is 1. The highest BCUT2D eigenvalue weighted by Crippen LogP contribution is 2.24. The number of halogens is 2. The fourth-order valence-corrected chi connectivity index (χ4v) is 2.40. The Kier molecular flexibility index (Phi) is 6.30. The van der Waals surface area contributed by atoms with Gasteiger partial charge in [0.25, 0.3) is 0 Å². The summed E-state index contributed by atoms with van der Waals surface area (Å²) in [5.41, 5.74) is 0.792. The lowest BCUT2D eigenvalue weighted by Gasteiger charge is -2.13. The molecule has 2 aromatic rings. The highest BCUT2D eigenvalue weighted by Gasteiger charge is 2.15. The molecule has 0 aliphatic rings. The molecule has 2 aromatic carbocycles. The van der Waals surface area contributed by atoms with E-state index in [2.05, 4.69) is 15.4 Å². The van der Waals surface area contributed by atoms with Gasteiger partial charge in [-0.2, -0.15) is 0 Å². The molecule has 0 aliphatic carbocycles. The Hall–Kier alpha value is -2.93. The van der Waals surface area contributed by atoms with E-state index in [1.54, 1.807) is 18.2 Å². The summed E-state index contributed by atoms with van der Waals surface area (Å²) < 4.78 is 18.3. The third-order valence-electron chi connectivity index (χ3n) is 3.49. The summed E-state index contributed by atoms with van der Waals surface area (Å²) in [4.78, 5) is 35.5. The van der Waals surface area contributed by atoms with Gasteiger partial charge in [0, 0.05) is 11.3 Å². The zero-order chi connectivity index (χ0) is 19.3. The minimum absolute atomic E-state index is 0.149. The van der Waals surface area contributed by atoms with E-state index in [1.807, 2.05) is 0 Å². The first-order chi connectivity index (χ1) is 12.3. The average Bonchev–Trinajstić information content (AvgIpc) is 2.62. The minimum atomic E-state index is -0.712. The van der Waals surface area contributed by atoms with E-state index >= 15 is 0 Å². The van der Waals surface area contributed by atoms with Crippen LogP contribution in [0.1, 0.15) is 27.6 Å². The lowest BCUT2D eigenvalue weighted by atomic mass is 10.1. The topological polar surface area (TPSA) is 84.5 Å². The van der Waals surface area contributed by atoms with Gasteiger partial charge in [0.05, 0.1) is 29.9 Å². The Morgan fingerprint density at radius 3 is 2.46 bits per heavy atom. The first-order valence-corrected chi connectivity index (χ1v) is 7.92. The number of hydrogen-bond acceptors (Lipinski definition) is 5. The summed E-state index contributed by atoms with van der Waals surface area (Å²) in [6, 6.07) is 8.60. The van der Waals surface area contributed by atoms with Gasteiger partial charge in [-0.25, -0.2) is 9.18 Å². The quantitative estimate of drug-likeness (QED) is 0.593. The van der Waals surface area contributed by atoms with Crippen LogP contribution in [0.4, 0.5) is 15.8 Å². The highest BCUT2D eigenvalue weighted by atomic mass is 35.5. The van der Waals surface area contributed by atoms with Gasteiger partial charge in [-0.05, 0) is 31.2 Å².